The summed E-state index contributed by atoms with van der Waals surface area (Å²) in [5.74, 6) is 1.61. The lowest BCUT2D eigenvalue weighted by atomic mass is 9.88. The summed E-state index contributed by atoms with van der Waals surface area (Å²) in [6, 6.07) is 14.0. The van der Waals surface area contributed by atoms with Gasteiger partial charge in [0, 0.05) is 44.6 Å². The first-order valence-electron chi connectivity index (χ1n) is 11.0. The molecule has 2 heterocycles. The van der Waals surface area contributed by atoms with Crippen LogP contribution in [-0.4, -0.2) is 55.6 Å². The maximum absolute atomic E-state index is 13.4. The normalized spacial score (nSPS) is 18.6. The van der Waals surface area contributed by atoms with Crippen molar-refractivity contribution in [1.29, 1.82) is 0 Å². The molecule has 4 rings (SSSR count). The van der Waals surface area contributed by atoms with Gasteiger partial charge < -0.3 is 14.7 Å². The van der Waals surface area contributed by atoms with Crippen molar-refractivity contribution in [2.24, 2.45) is 5.92 Å². The molecule has 2 aromatic rings. The number of aromatic nitrogens is 1. The van der Waals surface area contributed by atoms with E-state index in [-0.39, 0.29) is 5.91 Å². The molecule has 1 amide bonds. The van der Waals surface area contributed by atoms with E-state index in [4.69, 9.17) is 0 Å². The monoisotopic (exact) mass is 392 g/mol. The van der Waals surface area contributed by atoms with Gasteiger partial charge >= 0.3 is 0 Å². The van der Waals surface area contributed by atoms with Gasteiger partial charge in [-0.2, -0.15) is 0 Å². The Labute approximate surface area is 174 Å². The number of rotatable bonds is 5. The lowest BCUT2D eigenvalue weighted by Gasteiger charge is -2.33. The number of piperazine rings is 1. The second kappa shape index (κ2) is 9.40. The van der Waals surface area contributed by atoms with Gasteiger partial charge in [-0.25, -0.2) is 4.98 Å². The molecule has 5 nitrogen and oxygen atoms in total. The summed E-state index contributed by atoms with van der Waals surface area (Å²) in [5.41, 5.74) is 1.65. The second-order valence-electron chi connectivity index (χ2n) is 8.45. The Morgan fingerprint density at radius 3 is 2.38 bits per heavy atom. The summed E-state index contributed by atoms with van der Waals surface area (Å²) in [7, 11) is 2.15. The molecule has 154 valence electrons. The zero-order chi connectivity index (χ0) is 20.1. The molecule has 0 unspecified atom stereocenters. The molecule has 0 N–H and O–H groups in total. The fourth-order valence-electron chi connectivity index (χ4n) is 4.43. The van der Waals surface area contributed by atoms with Crippen molar-refractivity contribution in [3.63, 3.8) is 0 Å². The predicted molar refractivity (Wildman–Crippen MR) is 119 cm³/mol. The summed E-state index contributed by atoms with van der Waals surface area (Å²) in [4.78, 5) is 24.6. The zero-order valence-corrected chi connectivity index (χ0v) is 17.5. The number of para-hydroxylation sites is 1. The first-order chi connectivity index (χ1) is 14.2. The number of benzene rings is 1. The zero-order valence-electron chi connectivity index (χ0n) is 17.5. The maximum Gasteiger partial charge on any atom is 0.259 e. The summed E-state index contributed by atoms with van der Waals surface area (Å²) in [5, 5.41) is 0. The van der Waals surface area contributed by atoms with Crippen molar-refractivity contribution in [3.05, 3.63) is 54.2 Å². The van der Waals surface area contributed by atoms with E-state index in [1.807, 2.05) is 47.4 Å². The third-order valence-corrected chi connectivity index (χ3v) is 6.30. The van der Waals surface area contributed by atoms with Crippen LogP contribution in [-0.2, 0) is 0 Å². The molecule has 1 aromatic carbocycles. The maximum atomic E-state index is 13.4. The van der Waals surface area contributed by atoms with Crippen molar-refractivity contribution in [1.82, 2.24) is 9.88 Å². The molecule has 0 bridgehead atoms. The molecule has 1 aliphatic carbocycles. The minimum atomic E-state index is 0.0548. The highest BCUT2D eigenvalue weighted by molar-refractivity contribution is 6.06. The highest BCUT2D eigenvalue weighted by atomic mass is 16.2. The van der Waals surface area contributed by atoms with Crippen molar-refractivity contribution >= 4 is 17.4 Å². The van der Waals surface area contributed by atoms with Gasteiger partial charge in [0.2, 0.25) is 0 Å². The van der Waals surface area contributed by atoms with Crippen LogP contribution in [0.2, 0.25) is 0 Å². The molecule has 0 spiro atoms. The largest absolute Gasteiger partial charge is 0.354 e. The number of likely N-dealkylation sites (N-methyl/N-ethyl adjacent to an activating group) is 1. The Morgan fingerprint density at radius 2 is 1.72 bits per heavy atom. The molecule has 29 heavy (non-hydrogen) atoms. The Morgan fingerprint density at radius 1 is 1.00 bits per heavy atom. The number of carbonyl (C=O) groups excluding carboxylic acids is 1. The van der Waals surface area contributed by atoms with Crippen LogP contribution >= 0.6 is 0 Å². The first kappa shape index (κ1) is 19.9. The minimum Gasteiger partial charge on any atom is -0.354 e. The van der Waals surface area contributed by atoms with Crippen LogP contribution in [0.25, 0.3) is 0 Å². The molecule has 1 aliphatic heterocycles. The van der Waals surface area contributed by atoms with Crippen LogP contribution in [0.5, 0.6) is 0 Å². The molecule has 2 fully saturated rings. The van der Waals surface area contributed by atoms with Crippen molar-refractivity contribution in [2.75, 3.05) is 49.6 Å². The number of amides is 1. The molecule has 0 atom stereocenters. The number of carbonyl (C=O) groups is 1. The molecule has 5 heteroatoms. The van der Waals surface area contributed by atoms with Crippen LogP contribution < -0.4 is 9.80 Å². The van der Waals surface area contributed by atoms with E-state index in [9.17, 15) is 4.79 Å². The quantitative estimate of drug-likeness (QED) is 0.769. The first-order valence-corrected chi connectivity index (χ1v) is 11.0. The van der Waals surface area contributed by atoms with Crippen LogP contribution in [0.3, 0.4) is 0 Å². The van der Waals surface area contributed by atoms with Gasteiger partial charge in [-0.3, -0.25) is 4.79 Å². The molecule has 1 saturated carbocycles. The topological polar surface area (TPSA) is 39.7 Å². The van der Waals surface area contributed by atoms with Crippen LogP contribution in [0, 0.1) is 5.92 Å². The van der Waals surface area contributed by atoms with E-state index < -0.39 is 0 Å². The smallest absolute Gasteiger partial charge is 0.259 e. The Kier molecular flexibility index (Phi) is 6.45. The lowest BCUT2D eigenvalue weighted by Crippen LogP contribution is -2.44. The van der Waals surface area contributed by atoms with Gasteiger partial charge in [-0.15, -0.1) is 0 Å². The molecular formula is C24H32N4O. The fourth-order valence-corrected chi connectivity index (χ4v) is 4.43. The van der Waals surface area contributed by atoms with Crippen molar-refractivity contribution in [2.45, 2.75) is 32.1 Å². The lowest BCUT2D eigenvalue weighted by molar-refractivity contribution is 0.0980. The summed E-state index contributed by atoms with van der Waals surface area (Å²) >= 11 is 0. The van der Waals surface area contributed by atoms with Gasteiger partial charge in [0.05, 0.1) is 5.56 Å². The van der Waals surface area contributed by atoms with Crippen LogP contribution in [0.15, 0.2) is 48.7 Å². The molecule has 2 aliphatic rings. The Hall–Kier alpha value is -2.40. The van der Waals surface area contributed by atoms with E-state index in [0.717, 1.165) is 44.2 Å². The van der Waals surface area contributed by atoms with Gasteiger partial charge in [0.15, 0.2) is 0 Å². The summed E-state index contributed by atoms with van der Waals surface area (Å²) in [6.07, 6.45) is 8.08. The van der Waals surface area contributed by atoms with E-state index >= 15 is 0 Å². The van der Waals surface area contributed by atoms with Gasteiger partial charge in [-0.1, -0.05) is 37.5 Å². The van der Waals surface area contributed by atoms with Crippen LogP contribution in [0.4, 0.5) is 11.5 Å². The molecular weight excluding hydrogens is 360 g/mol. The van der Waals surface area contributed by atoms with Gasteiger partial charge in [0.1, 0.15) is 5.82 Å². The third-order valence-electron chi connectivity index (χ3n) is 6.30. The minimum absolute atomic E-state index is 0.0548. The molecule has 0 radical (unpaired) electrons. The van der Waals surface area contributed by atoms with E-state index in [1.54, 1.807) is 6.20 Å². The third kappa shape index (κ3) is 4.96. The van der Waals surface area contributed by atoms with Gasteiger partial charge in [0.25, 0.3) is 5.91 Å². The second-order valence-corrected chi connectivity index (χ2v) is 8.45. The number of hydrogen-bond donors (Lipinski definition) is 0. The van der Waals surface area contributed by atoms with Gasteiger partial charge in [-0.05, 0) is 50.1 Å². The number of nitrogens with zero attached hydrogens (tertiary/aromatic N) is 4. The molecule has 1 aromatic heterocycles. The average molecular weight is 393 g/mol. The van der Waals surface area contributed by atoms with E-state index in [1.165, 1.54) is 32.1 Å². The summed E-state index contributed by atoms with van der Waals surface area (Å²) < 4.78 is 0. The molecule has 1 saturated heterocycles. The number of hydrogen-bond acceptors (Lipinski definition) is 4. The predicted octanol–water partition coefficient (Wildman–Crippen LogP) is 4.06. The Bertz CT molecular complexity index is 778. The SMILES string of the molecule is CN1CCN(c2ccc(C(=O)N(CC3CCCCC3)c3ccccc3)cn2)CC1. The van der Waals surface area contributed by atoms with E-state index in [0.29, 0.717) is 11.5 Å². The van der Waals surface area contributed by atoms with Crippen molar-refractivity contribution in [3.8, 4) is 0 Å². The number of anilines is 2. The number of pyridine rings is 1. The summed E-state index contributed by atoms with van der Waals surface area (Å²) in [6.45, 7) is 4.85. The highest BCUT2D eigenvalue weighted by Gasteiger charge is 2.24. The van der Waals surface area contributed by atoms with E-state index in [2.05, 4.69) is 21.8 Å². The average Bonchev–Trinajstić information content (AvgIpc) is 2.79. The highest BCUT2D eigenvalue weighted by Crippen LogP contribution is 2.27. The van der Waals surface area contributed by atoms with Crippen LogP contribution in [0.1, 0.15) is 42.5 Å². The Balaban J connectivity index is 1.50. The standard InChI is InChI=1S/C24H32N4O/c1-26-14-16-27(17-15-26)23-13-12-21(18-25-23)24(29)28(22-10-6-3-7-11-22)19-20-8-4-2-5-9-20/h3,6-7,10-13,18,20H,2,4-5,8-9,14-17,19H2,1H3. The fraction of sp³-hybridized carbons (Fsp3) is 0.500. The van der Waals surface area contributed by atoms with Crippen molar-refractivity contribution < 1.29 is 4.79 Å².